The second kappa shape index (κ2) is 9.23. The first-order valence-electron chi connectivity index (χ1n) is 12.2. The summed E-state index contributed by atoms with van der Waals surface area (Å²) in [6.07, 6.45) is 5.88. The number of rotatable bonds is 5. The highest BCUT2D eigenvalue weighted by atomic mass is 16.2. The van der Waals surface area contributed by atoms with Crippen LogP contribution < -0.4 is 22.1 Å². The Kier molecular flexibility index (Phi) is 6.14. The van der Waals surface area contributed by atoms with Gasteiger partial charge >= 0.3 is 0 Å². The molecule has 9 nitrogen and oxygen atoms in total. The number of hydrogen-bond donors (Lipinski definition) is 3. The van der Waals surface area contributed by atoms with Crippen LogP contribution in [0.5, 0.6) is 0 Å². The van der Waals surface area contributed by atoms with Crippen molar-refractivity contribution in [1.82, 2.24) is 19.5 Å². The minimum Gasteiger partial charge on any atom is -0.398 e. The van der Waals surface area contributed by atoms with E-state index < -0.39 is 5.92 Å². The molecule has 0 saturated carbocycles. The molecule has 2 aromatic heterocycles. The Morgan fingerprint density at radius 3 is 2.76 bits per heavy atom. The standard InChI is InChI=1S/C25H34N8O/c1-16-14-33-23(29-24(16)31-11-9-17(27)15-31)12-21(30-33)22-8-4-5-10-32(22)25(34)19(13-26)18-6-2-3-7-20(18)28/h2-3,6-7,12,14,17,19,22H,4-5,8-11,13,15,26-28H2,1H3/t17?,19?,22-/m0/s1. The molecular formula is C25H34N8O. The van der Waals surface area contributed by atoms with E-state index in [1.54, 1.807) is 0 Å². The number of piperidine rings is 1. The second-order valence-electron chi connectivity index (χ2n) is 9.57. The normalized spacial score (nSPS) is 21.9. The van der Waals surface area contributed by atoms with E-state index in [4.69, 9.17) is 27.3 Å². The lowest BCUT2D eigenvalue weighted by Crippen LogP contribution is -2.43. The van der Waals surface area contributed by atoms with Gasteiger partial charge in [0.25, 0.3) is 0 Å². The number of aromatic nitrogens is 3. The summed E-state index contributed by atoms with van der Waals surface area (Å²) in [6, 6.07) is 9.59. The van der Waals surface area contributed by atoms with Crippen LogP contribution >= 0.6 is 0 Å². The van der Waals surface area contributed by atoms with Crippen molar-refractivity contribution in [2.75, 3.05) is 36.8 Å². The molecule has 3 aromatic rings. The molecule has 180 valence electrons. The molecule has 9 heteroatoms. The van der Waals surface area contributed by atoms with Crippen LogP contribution in [-0.4, -0.2) is 57.6 Å². The van der Waals surface area contributed by atoms with Crippen LogP contribution in [0, 0.1) is 6.92 Å². The molecule has 5 rings (SSSR count). The van der Waals surface area contributed by atoms with Crippen LogP contribution in [0.25, 0.3) is 5.65 Å². The molecule has 2 aliphatic rings. The number of para-hydroxylation sites is 1. The highest BCUT2D eigenvalue weighted by Crippen LogP contribution is 2.35. The Morgan fingerprint density at radius 1 is 1.21 bits per heavy atom. The molecule has 1 aromatic carbocycles. The van der Waals surface area contributed by atoms with Gasteiger partial charge in [0.1, 0.15) is 5.82 Å². The summed E-state index contributed by atoms with van der Waals surface area (Å²) in [5.41, 5.74) is 22.5. The van der Waals surface area contributed by atoms with Gasteiger partial charge in [-0.2, -0.15) is 5.10 Å². The van der Waals surface area contributed by atoms with E-state index >= 15 is 0 Å². The number of hydrogen-bond acceptors (Lipinski definition) is 7. The SMILES string of the molecule is Cc1cn2nc([C@@H]3CCCCN3C(=O)C(CN)c3ccccc3N)cc2nc1N1CCC(N)C1. The average Bonchev–Trinajstić information content (AvgIpc) is 3.45. The van der Waals surface area contributed by atoms with Crippen LogP contribution in [-0.2, 0) is 4.79 Å². The Labute approximate surface area is 199 Å². The first kappa shape index (κ1) is 22.6. The third-order valence-corrected chi connectivity index (χ3v) is 7.18. The van der Waals surface area contributed by atoms with Crippen molar-refractivity contribution in [1.29, 1.82) is 0 Å². The number of nitrogens with zero attached hydrogens (tertiary/aromatic N) is 5. The number of carbonyl (C=O) groups excluding carboxylic acids is 1. The Bertz CT molecular complexity index is 1190. The fourth-order valence-electron chi connectivity index (χ4n) is 5.37. The van der Waals surface area contributed by atoms with Gasteiger partial charge in [-0.1, -0.05) is 18.2 Å². The van der Waals surface area contributed by atoms with Gasteiger partial charge < -0.3 is 27.0 Å². The smallest absolute Gasteiger partial charge is 0.232 e. The van der Waals surface area contributed by atoms with Crippen LogP contribution in [0.15, 0.2) is 36.5 Å². The average molecular weight is 463 g/mol. The maximum absolute atomic E-state index is 13.7. The zero-order valence-corrected chi connectivity index (χ0v) is 19.7. The summed E-state index contributed by atoms with van der Waals surface area (Å²) >= 11 is 0. The minimum atomic E-state index is -0.467. The molecule has 2 fully saturated rings. The largest absolute Gasteiger partial charge is 0.398 e. The van der Waals surface area contributed by atoms with E-state index in [2.05, 4.69) is 11.8 Å². The molecule has 0 spiro atoms. The van der Waals surface area contributed by atoms with Crippen LogP contribution in [0.3, 0.4) is 0 Å². The lowest BCUT2D eigenvalue weighted by atomic mass is 9.92. The first-order valence-corrected chi connectivity index (χ1v) is 12.2. The van der Waals surface area contributed by atoms with E-state index in [1.165, 1.54) is 0 Å². The minimum absolute atomic E-state index is 0.0121. The van der Waals surface area contributed by atoms with Gasteiger partial charge in [-0.25, -0.2) is 9.50 Å². The van der Waals surface area contributed by atoms with E-state index in [-0.39, 0.29) is 24.5 Å². The maximum atomic E-state index is 13.7. The van der Waals surface area contributed by atoms with Gasteiger partial charge in [0.2, 0.25) is 5.91 Å². The van der Waals surface area contributed by atoms with Crippen molar-refractivity contribution in [3.05, 3.63) is 53.3 Å². The summed E-state index contributed by atoms with van der Waals surface area (Å²) < 4.78 is 1.83. The van der Waals surface area contributed by atoms with Gasteiger partial charge in [0.05, 0.1) is 17.7 Å². The number of amides is 1. The monoisotopic (exact) mass is 462 g/mol. The molecule has 4 heterocycles. The number of likely N-dealkylation sites (tertiary alicyclic amines) is 1. The molecule has 2 aliphatic heterocycles. The molecule has 0 radical (unpaired) electrons. The molecule has 1 amide bonds. The quantitative estimate of drug-likeness (QED) is 0.494. The van der Waals surface area contributed by atoms with Crippen molar-refractivity contribution >= 4 is 23.1 Å². The van der Waals surface area contributed by atoms with Crippen LogP contribution in [0.2, 0.25) is 0 Å². The predicted molar refractivity (Wildman–Crippen MR) is 133 cm³/mol. The lowest BCUT2D eigenvalue weighted by molar-refractivity contribution is -0.136. The molecular weight excluding hydrogens is 428 g/mol. The Morgan fingerprint density at radius 2 is 2.03 bits per heavy atom. The number of carbonyl (C=O) groups is 1. The molecule has 2 unspecified atom stereocenters. The molecule has 6 N–H and O–H groups in total. The zero-order valence-electron chi connectivity index (χ0n) is 19.7. The van der Waals surface area contributed by atoms with Gasteiger partial charge in [0.15, 0.2) is 5.65 Å². The highest BCUT2D eigenvalue weighted by Gasteiger charge is 2.35. The van der Waals surface area contributed by atoms with Gasteiger partial charge in [0, 0.05) is 55.7 Å². The van der Waals surface area contributed by atoms with E-state index in [0.29, 0.717) is 12.2 Å². The fraction of sp³-hybridized carbons (Fsp3) is 0.480. The lowest BCUT2D eigenvalue weighted by Gasteiger charge is -2.37. The van der Waals surface area contributed by atoms with Crippen molar-refractivity contribution in [3.63, 3.8) is 0 Å². The van der Waals surface area contributed by atoms with E-state index in [9.17, 15) is 4.79 Å². The van der Waals surface area contributed by atoms with Gasteiger partial charge in [-0.05, 0) is 44.2 Å². The number of anilines is 2. The fourth-order valence-corrected chi connectivity index (χ4v) is 5.37. The number of fused-ring (bicyclic) bond motifs is 1. The van der Waals surface area contributed by atoms with Crippen molar-refractivity contribution in [3.8, 4) is 0 Å². The third kappa shape index (κ3) is 4.10. The number of nitrogen functional groups attached to an aromatic ring is 1. The number of benzene rings is 1. The molecule has 0 bridgehead atoms. The first-order chi connectivity index (χ1) is 16.5. The summed E-state index contributed by atoms with van der Waals surface area (Å²) in [5.74, 6) is 0.509. The summed E-state index contributed by atoms with van der Waals surface area (Å²) in [6.45, 7) is 4.69. The van der Waals surface area contributed by atoms with Crippen molar-refractivity contribution in [2.24, 2.45) is 11.5 Å². The van der Waals surface area contributed by atoms with E-state index in [0.717, 1.165) is 67.1 Å². The van der Waals surface area contributed by atoms with E-state index in [1.807, 2.05) is 45.9 Å². The van der Waals surface area contributed by atoms with Crippen LogP contribution in [0.4, 0.5) is 11.5 Å². The highest BCUT2D eigenvalue weighted by molar-refractivity contribution is 5.86. The molecule has 0 aliphatic carbocycles. The van der Waals surface area contributed by atoms with Gasteiger partial charge in [-0.15, -0.1) is 0 Å². The Balaban J connectivity index is 1.46. The molecule has 3 atom stereocenters. The maximum Gasteiger partial charge on any atom is 0.232 e. The number of nitrogens with two attached hydrogens (primary N) is 3. The Hall–Kier alpha value is -3.17. The van der Waals surface area contributed by atoms with Crippen molar-refractivity contribution < 1.29 is 4.79 Å². The van der Waals surface area contributed by atoms with Gasteiger partial charge in [-0.3, -0.25) is 4.79 Å². The summed E-state index contributed by atoms with van der Waals surface area (Å²) in [7, 11) is 0. The predicted octanol–water partition coefficient (Wildman–Crippen LogP) is 1.95. The summed E-state index contributed by atoms with van der Waals surface area (Å²) in [4.78, 5) is 22.8. The second-order valence-corrected chi connectivity index (χ2v) is 9.57. The third-order valence-electron chi connectivity index (χ3n) is 7.18. The van der Waals surface area contributed by atoms with Crippen LogP contribution in [0.1, 0.15) is 54.5 Å². The molecule has 2 saturated heterocycles. The zero-order chi connectivity index (χ0) is 23.8. The summed E-state index contributed by atoms with van der Waals surface area (Å²) in [5, 5.41) is 4.85. The molecule has 34 heavy (non-hydrogen) atoms. The number of aryl methyl sites for hydroxylation is 1. The van der Waals surface area contributed by atoms with Crippen molar-refractivity contribution in [2.45, 2.75) is 50.6 Å². The topological polar surface area (TPSA) is 132 Å².